The molecule has 116 heavy (non-hydrogen) atoms. The molecular weight excluding hydrogens is 1600 g/mol. The molecule has 0 bridgehead atoms. The van der Waals surface area contributed by atoms with Crippen molar-refractivity contribution in [2.24, 2.45) is 0 Å². The fourth-order valence-electron chi connectivity index (χ4n) is 12.3. The van der Waals surface area contributed by atoms with Gasteiger partial charge in [-0.05, 0) is 128 Å². The Kier molecular flexibility index (Phi) is 42.9. The van der Waals surface area contributed by atoms with Crippen LogP contribution in [-0.2, 0) is 52.4 Å². The summed E-state index contributed by atoms with van der Waals surface area (Å²) < 4.78 is 29.9. The third-order valence-electron chi connectivity index (χ3n) is 17.3. The lowest BCUT2D eigenvalue weighted by atomic mass is 9.97. The van der Waals surface area contributed by atoms with Gasteiger partial charge in [0, 0.05) is 132 Å². The molecule has 600 valence electrons. The zero-order valence-electron chi connectivity index (χ0n) is 68.3. The fraction of sp³-hybridized carbons (Fsp3) is 0.286. The number of fused-ring (bicyclic) bond motifs is 8. The number of hydrogen-bond acceptors (Lipinski definition) is 20. The molecule has 0 saturated carbocycles. The van der Waals surface area contributed by atoms with Gasteiger partial charge in [-0.15, -0.1) is 0 Å². The quantitative estimate of drug-likeness (QED) is 0.102. The van der Waals surface area contributed by atoms with Gasteiger partial charge < -0.3 is 40.2 Å². The molecular formula is C84H96B4N12O8S8. The van der Waals surface area contributed by atoms with Gasteiger partial charge >= 0.3 is 0 Å². The van der Waals surface area contributed by atoms with Crippen LogP contribution in [0.2, 0.25) is 0 Å². The minimum absolute atomic E-state index is 0.917. The van der Waals surface area contributed by atoms with Gasteiger partial charge in [0.05, 0.1) is 0 Å². The Bertz CT molecular complexity index is 4860. The highest BCUT2D eigenvalue weighted by Crippen LogP contribution is 2.25. The van der Waals surface area contributed by atoms with Gasteiger partial charge in [-0.1, -0.05) is 188 Å². The maximum Gasteiger partial charge on any atom is 0.235 e. The fourth-order valence-corrected chi connectivity index (χ4v) is 21.0. The number of nitriles is 4. The highest BCUT2D eigenvalue weighted by molar-refractivity contribution is 7.20. The van der Waals surface area contributed by atoms with E-state index in [1.54, 1.807) is 0 Å². The normalized spacial score (nSPS) is 9.97. The molecule has 0 fully saturated rings. The van der Waals surface area contributed by atoms with E-state index in [2.05, 4.69) is 341 Å². The van der Waals surface area contributed by atoms with Crippen LogP contribution < -0.4 is 76.7 Å². The topological polar surface area (TPSA) is 311 Å². The molecule has 20 nitrogen and oxygen atoms in total. The van der Waals surface area contributed by atoms with Crippen LogP contribution in [-0.4, -0.2) is 28.5 Å². The lowest BCUT2D eigenvalue weighted by Gasteiger charge is -2.12. The highest BCUT2D eigenvalue weighted by atomic mass is 32.1. The molecule has 0 aliphatic rings. The van der Waals surface area contributed by atoms with Gasteiger partial charge in [-0.3, -0.25) is 0 Å². The van der Waals surface area contributed by atoms with Gasteiger partial charge in [0.2, 0.25) is 84.2 Å². The smallest absolute Gasteiger partial charge is 0.235 e. The predicted octanol–water partition coefficient (Wildman–Crippen LogP) is 9.17. The van der Waals surface area contributed by atoms with E-state index in [4.69, 9.17) is 61.2 Å². The molecule has 0 aliphatic heterocycles. The van der Waals surface area contributed by atoms with Crippen LogP contribution in [0.4, 0.5) is 0 Å². The van der Waals surface area contributed by atoms with Crippen molar-refractivity contribution in [2.75, 3.05) is 0 Å². The molecule has 0 atom stereocenters. The zero-order chi connectivity index (χ0) is 85.6. The van der Waals surface area contributed by atoms with E-state index < -0.39 is 28.5 Å². The molecule has 32 heteroatoms. The second-order valence-corrected chi connectivity index (χ2v) is 34.4. The molecule has 0 unspecified atom stereocenters. The van der Waals surface area contributed by atoms with Gasteiger partial charge in [0.15, 0.2) is 0 Å². The lowest BCUT2D eigenvalue weighted by molar-refractivity contribution is -0.669. The van der Waals surface area contributed by atoms with Crippen LogP contribution in [0.5, 0.6) is 0 Å². The first-order valence-corrected chi connectivity index (χ1v) is 44.1. The van der Waals surface area contributed by atoms with Crippen molar-refractivity contribution in [2.45, 2.75) is 163 Å². The van der Waals surface area contributed by atoms with Crippen molar-refractivity contribution < 1.29 is 76.7 Å². The Hall–Kier alpha value is -9.22. The minimum atomic E-state index is -2.31. The van der Waals surface area contributed by atoms with Crippen LogP contribution >= 0.6 is 90.7 Å². The van der Waals surface area contributed by atoms with E-state index in [9.17, 15) is 0 Å². The van der Waals surface area contributed by atoms with Crippen molar-refractivity contribution >= 4 is 201 Å². The van der Waals surface area contributed by atoms with Crippen LogP contribution in [0.15, 0.2) is 194 Å². The van der Waals surface area contributed by atoms with Gasteiger partial charge in [0.25, 0.3) is 0 Å². The van der Waals surface area contributed by atoms with Gasteiger partial charge in [0.1, 0.15) is 90.0 Å². The molecule has 0 aliphatic carbocycles. The molecule has 8 heterocycles. The van der Waals surface area contributed by atoms with E-state index >= 15 is 0 Å². The third kappa shape index (κ3) is 28.6. The van der Waals surface area contributed by atoms with Crippen LogP contribution in [0, 0.1) is 100 Å². The van der Waals surface area contributed by atoms with Crippen LogP contribution in [0.1, 0.15) is 95.5 Å². The molecule has 0 amide bonds. The molecule has 0 N–H and O–H groups in total. The van der Waals surface area contributed by atoms with E-state index in [1.807, 2.05) is 90.7 Å². The second-order valence-electron chi connectivity index (χ2n) is 24.5. The predicted molar refractivity (Wildman–Crippen MR) is 465 cm³/mol. The maximum absolute atomic E-state index is 8.98. The molecule has 8 aromatic heterocycles. The maximum atomic E-state index is 8.98. The Balaban J connectivity index is 0.000000229. The summed E-state index contributed by atoms with van der Waals surface area (Å²) in [7, 11) is -9.24. The molecule has 0 radical (unpaired) electrons. The summed E-state index contributed by atoms with van der Waals surface area (Å²) >= 11 is 14.9. The summed E-state index contributed by atoms with van der Waals surface area (Å²) in [5, 5.41) is 112. The monoisotopic (exact) mass is 1700 g/mol. The summed E-state index contributed by atoms with van der Waals surface area (Å²) in [6.07, 6.45) is 0. The first-order valence-electron chi connectivity index (χ1n) is 37.6. The van der Waals surface area contributed by atoms with Crippen molar-refractivity contribution in [1.82, 2.24) is 0 Å². The summed E-state index contributed by atoms with van der Waals surface area (Å²) in [6, 6.07) is 68.4. The summed E-state index contributed by atoms with van der Waals surface area (Å²) in [5.74, 6) is 3.67. The Labute approximate surface area is 714 Å². The van der Waals surface area contributed by atoms with Crippen LogP contribution in [0.25, 0.3) is 81.7 Å². The molecule has 0 saturated heterocycles. The number of hydrogen-bond donors (Lipinski definition) is 0. The largest absolute Gasteiger partial charge is 0.881 e. The lowest BCUT2D eigenvalue weighted by Crippen LogP contribution is -2.43. The number of para-hydroxylation sites is 8. The Morgan fingerprint density at radius 2 is 0.293 bits per heavy atom. The molecule has 16 rings (SSSR count). The van der Waals surface area contributed by atoms with E-state index in [1.165, 1.54) is 122 Å². The highest BCUT2D eigenvalue weighted by Gasteiger charge is 2.20. The van der Waals surface area contributed by atoms with E-state index in [0.29, 0.717) is 0 Å². The van der Waals surface area contributed by atoms with Gasteiger partial charge in [-0.2, -0.15) is 36.5 Å². The standard InChI is InChI=1S/8C10H12NS.4CBNO2/c8*1-3-11-8(2)12-10-7-5-4-6-9(10)11;4*3-1-2(4)5/h8*4-7H,3H2,1-2H3;;;;/q8*+1;4*-2. The van der Waals surface area contributed by atoms with Crippen molar-refractivity contribution in [1.29, 1.82) is 21.0 Å². The Morgan fingerprint density at radius 3 is 0.371 bits per heavy atom. The summed E-state index contributed by atoms with van der Waals surface area (Å²) in [5.41, 5.74) is 10.9. The van der Waals surface area contributed by atoms with Crippen molar-refractivity contribution in [3.8, 4) is 23.9 Å². The van der Waals surface area contributed by atoms with Crippen molar-refractivity contribution in [3.05, 3.63) is 234 Å². The minimum Gasteiger partial charge on any atom is -0.881 e. The molecule has 16 aromatic rings. The van der Waals surface area contributed by atoms with Crippen molar-refractivity contribution in [3.63, 3.8) is 0 Å². The van der Waals surface area contributed by atoms with Crippen LogP contribution in [0.3, 0.4) is 0 Å². The van der Waals surface area contributed by atoms with Gasteiger partial charge in [-0.25, -0.2) is 21.0 Å². The zero-order valence-corrected chi connectivity index (χ0v) is 74.9. The first kappa shape index (κ1) is 97.4. The number of aromatic nitrogens is 8. The number of rotatable bonds is 8. The summed E-state index contributed by atoms with van der Waals surface area (Å²) in [6.45, 7) is 43.4. The summed E-state index contributed by atoms with van der Waals surface area (Å²) in [4.78, 5) is 0. The molecule has 0 spiro atoms. The average Bonchev–Trinajstić information content (AvgIpc) is 1.75. The second kappa shape index (κ2) is 51.1. The number of aryl methyl sites for hydroxylation is 16. The number of thiazole rings is 8. The average molecular weight is 1700 g/mol. The number of benzene rings is 8. The third-order valence-corrected chi connectivity index (χ3v) is 25.9. The SMILES string of the molecule is CC[n+]1c(C)sc2ccccc21.CC[n+]1c(C)sc2ccccc21.CC[n+]1c(C)sc2ccccc21.CC[n+]1c(C)sc2ccccc21.CC[n+]1c(C)sc2ccccc21.CC[n+]1c(C)sc2ccccc21.CC[n+]1c(C)sc2ccccc21.CC[n+]1c(C)sc2ccccc21.N#CB([O-])[O-].N#CB([O-])[O-].N#CB([O-])[O-].N#CB([O-])[O-]. The first-order chi connectivity index (χ1) is 55.7. The van der Waals surface area contributed by atoms with E-state index in [0.717, 1.165) is 76.2 Å². The molecule has 8 aromatic carbocycles. The van der Waals surface area contributed by atoms with E-state index in [-0.39, 0.29) is 0 Å². The number of nitrogens with zero attached hydrogens (tertiary/aromatic N) is 12. The Morgan fingerprint density at radius 1 is 0.207 bits per heavy atom.